The molecule has 1 fully saturated rings. The maximum Gasteiger partial charge on any atom is 0.280 e. The Kier molecular flexibility index (Phi) is 5.78. The lowest BCUT2D eigenvalue weighted by Gasteiger charge is -2.34. The molecule has 4 rings (SSSR count). The highest BCUT2D eigenvalue weighted by atomic mass is 35.5. The summed E-state index contributed by atoms with van der Waals surface area (Å²) >= 11 is 6.56. The van der Waals surface area contributed by atoms with Gasteiger partial charge in [-0.15, -0.1) is 0 Å². The number of hydrogen-bond acceptors (Lipinski definition) is 6. The van der Waals surface area contributed by atoms with Crippen LogP contribution in [0.25, 0.3) is 0 Å². The number of ether oxygens (including phenoxy) is 1. The number of rotatable bonds is 2. The number of hydrogen-bond donors (Lipinski definition) is 2. The van der Waals surface area contributed by atoms with Gasteiger partial charge in [-0.05, 0) is 43.8 Å². The van der Waals surface area contributed by atoms with Gasteiger partial charge >= 0.3 is 0 Å². The first kappa shape index (κ1) is 22.4. The second kappa shape index (κ2) is 8.27. The molecule has 2 aromatic rings. The number of likely N-dealkylation sites (N-methyl/N-ethyl adjacent to an activating group) is 1. The first-order valence-electron chi connectivity index (χ1n) is 10.0. The molecule has 0 spiro atoms. The highest BCUT2D eigenvalue weighted by Gasteiger charge is 2.31. The average Bonchev–Trinajstić information content (AvgIpc) is 2.82. The maximum atomic E-state index is 13.3. The molecule has 11 heteroatoms. The van der Waals surface area contributed by atoms with Gasteiger partial charge in [0.25, 0.3) is 5.91 Å². The van der Waals surface area contributed by atoms with Crippen LogP contribution in [0.1, 0.15) is 21.5 Å². The van der Waals surface area contributed by atoms with Crippen molar-refractivity contribution in [2.75, 3.05) is 38.1 Å². The van der Waals surface area contributed by atoms with Crippen LogP contribution in [0, 0.1) is 6.92 Å². The van der Waals surface area contributed by atoms with Gasteiger partial charge in [0.15, 0.2) is 15.8 Å². The Morgan fingerprint density at radius 2 is 1.78 bits per heavy atom. The predicted octanol–water partition coefficient (Wildman–Crippen LogP) is 1.89. The quantitative estimate of drug-likeness (QED) is 0.495. The number of benzene rings is 2. The Labute approximate surface area is 191 Å². The molecule has 2 aliphatic heterocycles. The molecule has 1 amide bonds. The van der Waals surface area contributed by atoms with Crippen LogP contribution in [0.3, 0.4) is 0 Å². The van der Waals surface area contributed by atoms with Crippen molar-refractivity contribution in [1.29, 1.82) is 0 Å². The van der Waals surface area contributed by atoms with Crippen molar-refractivity contribution in [3.63, 3.8) is 0 Å². The number of fused-ring (bicyclic) bond motifs is 2. The Morgan fingerprint density at radius 1 is 1.09 bits per heavy atom. The third kappa shape index (κ3) is 4.25. The van der Waals surface area contributed by atoms with E-state index in [1.807, 2.05) is 6.07 Å². The van der Waals surface area contributed by atoms with Gasteiger partial charge in [0.2, 0.25) is 0 Å². The molecule has 0 radical (unpaired) electrons. The lowest BCUT2D eigenvalue weighted by Crippen LogP contribution is -2.44. The van der Waals surface area contributed by atoms with E-state index >= 15 is 0 Å². The summed E-state index contributed by atoms with van der Waals surface area (Å²) in [6.45, 7) is 5.09. The Morgan fingerprint density at radius 3 is 2.44 bits per heavy atom. The average molecular weight is 478 g/mol. The maximum absolute atomic E-state index is 13.3. The van der Waals surface area contributed by atoms with Gasteiger partial charge in [0.05, 0.1) is 10.8 Å². The number of carbonyl (C=O) groups is 1. The summed E-state index contributed by atoms with van der Waals surface area (Å²) in [5.41, 5.74) is 12.4. The van der Waals surface area contributed by atoms with Gasteiger partial charge in [0.1, 0.15) is 16.4 Å². The molecule has 0 aliphatic carbocycles. The van der Waals surface area contributed by atoms with Crippen LogP contribution in [0.5, 0.6) is 11.5 Å². The zero-order chi connectivity index (χ0) is 23.2. The van der Waals surface area contributed by atoms with E-state index in [2.05, 4.69) is 21.8 Å². The fourth-order valence-corrected chi connectivity index (χ4v) is 5.74. The molecule has 2 aromatic carbocycles. The van der Waals surface area contributed by atoms with Crippen LogP contribution < -0.4 is 21.1 Å². The highest BCUT2D eigenvalue weighted by molar-refractivity contribution is 7.90. The Hall–Kier alpha value is -2.82. The molecule has 2 aliphatic rings. The minimum absolute atomic E-state index is 0.0528. The van der Waals surface area contributed by atoms with Crippen molar-refractivity contribution in [3.8, 4) is 11.5 Å². The van der Waals surface area contributed by atoms with Crippen LogP contribution >= 0.6 is 11.6 Å². The van der Waals surface area contributed by atoms with E-state index in [0.717, 1.165) is 31.9 Å². The lowest BCUT2D eigenvalue weighted by atomic mass is 10.1. The molecule has 0 aromatic heterocycles. The third-order valence-electron chi connectivity index (χ3n) is 5.58. The molecule has 0 bridgehead atoms. The fraction of sp³-hybridized carbons (Fsp3) is 0.333. The van der Waals surface area contributed by atoms with Crippen molar-refractivity contribution >= 4 is 39.0 Å². The van der Waals surface area contributed by atoms with Crippen LogP contribution in [-0.2, 0) is 15.6 Å². The number of piperazine rings is 1. The SMILES string of the molecule is Cc1cc(C(=O)N=C(N)N)cc2c1Oc1c(Cl)cc(N3CCN(C)CC3)cc1CS2(=O)=O. The van der Waals surface area contributed by atoms with Gasteiger partial charge in [-0.25, -0.2) is 8.42 Å². The molecule has 9 nitrogen and oxygen atoms in total. The minimum atomic E-state index is -3.85. The van der Waals surface area contributed by atoms with Crippen molar-refractivity contribution in [3.05, 3.63) is 46.0 Å². The zero-order valence-corrected chi connectivity index (χ0v) is 19.3. The Balaban J connectivity index is 1.78. The number of guanidine groups is 1. The van der Waals surface area contributed by atoms with Gasteiger partial charge < -0.3 is 26.0 Å². The van der Waals surface area contributed by atoms with Crippen LogP contribution in [0.4, 0.5) is 5.69 Å². The summed E-state index contributed by atoms with van der Waals surface area (Å²) in [5.74, 6) is -1.01. The number of anilines is 1. The van der Waals surface area contributed by atoms with E-state index in [4.69, 9.17) is 27.8 Å². The standard InChI is InChI=1S/C21H24ClN5O4S/c1-12-7-13(20(28)25-21(23)24)9-17-18(12)31-19-14(11-32(17,29)30)8-15(10-16(19)22)27-5-3-26(2)4-6-27/h7-10H,3-6,11H2,1-2H3,(H4,23,24,25,28). The summed E-state index contributed by atoms with van der Waals surface area (Å²) in [7, 11) is -1.78. The van der Waals surface area contributed by atoms with E-state index < -0.39 is 21.7 Å². The van der Waals surface area contributed by atoms with Gasteiger partial charge in [0, 0.05) is 43.0 Å². The van der Waals surface area contributed by atoms with Crippen LogP contribution in [-0.4, -0.2) is 58.4 Å². The second-order valence-electron chi connectivity index (χ2n) is 8.03. The van der Waals surface area contributed by atoms with Crippen LogP contribution in [0.15, 0.2) is 34.2 Å². The molecule has 0 atom stereocenters. The number of aliphatic imine (C=N–C) groups is 1. The van der Waals surface area contributed by atoms with Crippen molar-refractivity contribution in [2.24, 2.45) is 16.5 Å². The molecule has 2 heterocycles. The largest absolute Gasteiger partial charge is 0.454 e. The monoisotopic (exact) mass is 477 g/mol. The van der Waals surface area contributed by atoms with E-state index in [9.17, 15) is 13.2 Å². The zero-order valence-electron chi connectivity index (χ0n) is 17.8. The molecule has 0 unspecified atom stereocenters. The van der Waals surface area contributed by atoms with E-state index in [1.54, 1.807) is 13.0 Å². The van der Waals surface area contributed by atoms with E-state index in [0.29, 0.717) is 21.9 Å². The first-order chi connectivity index (χ1) is 15.0. The molecule has 1 saturated heterocycles. The first-order valence-corrected chi connectivity index (χ1v) is 12.0. The number of aryl methyl sites for hydroxylation is 1. The molecule has 0 saturated carbocycles. The molecule has 170 valence electrons. The van der Waals surface area contributed by atoms with Gasteiger partial charge in [-0.3, -0.25) is 4.79 Å². The van der Waals surface area contributed by atoms with Crippen LogP contribution in [0.2, 0.25) is 5.02 Å². The second-order valence-corrected chi connectivity index (χ2v) is 10.4. The number of nitrogens with zero attached hydrogens (tertiary/aromatic N) is 3. The van der Waals surface area contributed by atoms with Crippen molar-refractivity contribution in [2.45, 2.75) is 17.6 Å². The summed E-state index contributed by atoms with van der Waals surface area (Å²) in [6.07, 6.45) is 0. The topological polar surface area (TPSA) is 131 Å². The molecule has 32 heavy (non-hydrogen) atoms. The number of sulfone groups is 1. The summed E-state index contributed by atoms with van der Waals surface area (Å²) < 4.78 is 32.7. The minimum Gasteiger partial charge on any atom is -0.454 e. The van der Waals surface area contributed by atoms with Crippen molar-refractivity contribution in [1.82, 2.24) is 4.90 Å². The number of amides is 1. The fourth-order valence-electron chi connectivity index (χ4n) is 3.90. The Bertz CT molecular complexity index is 1230. The highest BCUT2D eigenvalue weighted by Crippen LogP contribution is 2.45. The predicted molar refractivity (Wildman–Crippen MR) is 123 cm³/mol. The van der Waals surface area contributed by atoms with E-state index in [1.165, 1.54) is 12.1 Å². The number of halogens is 1. The van der Waals surface area contributed by atoms with E-state index in [-0.39, 0.29) is 22.0 Å². The summed E-state index contributed by atoms with van der Waals surface area (Å²) in [6, 6.07) is 6.35. The molecular weight excluding hydrogens is 454 g/mol. The molecule has 4 N–H and O–H groups in total. The summed E-state index contributed by atoms with van der Waals surface area (Å²) in [4.78, 5) is 20.1. The normalized spacial score (nSPS) is 17.5. The smallest absolute Gasteiger partial charge is 0.280 e. The van der Waals surface area contributed by atoms with Gasteiger partial charge in [-0.2, -0.15) is 4.99 Å². The summed E-state index contributed by atoms with van der Waals surface area (Å²) in [5, 5.41) is 0.333. The number of nitrogens with two attached hydrogens (primary N) is 2. The number of carbonyl (C=O) groups excluding carboxylic acids is 1. The molecular formula is C21H24ClN5O4S. The van der Waals surface area contributed by atoms with Gasteiger partial charge in [-0.1, -0.05) is 11.6 Å². The lowest BCUT2D eigenvalue weighted by molar-refractivity contribution is 0.100. The third-order valence-corrected chi connectivity index (χ3v) is 7.52. The van der Waals surface area contributed by atoms with Crippen molar-refractivity contribution < 1.29 is 17.9 Å².